The van der Waals surface area contributed by atoms with Crippen LogP contribution in [0.25, 0.3) is 12.2 Å². The van der Waals surface area contributed by atoms with E-state index in [0.717, 1.165) is 17.0 Å². The van der Waals surface area contributed by atoms with Crippen LogP contribution in [0.3, 0.4) is 0 Å². The van der Waals surface area contributed by atoms with E-state index in [-0.39, 0.29) is 0 Å². The minimum atomic E-state index is 0.331. The van der Waals surface area contributed by atoms with Gasteiger partial charge in [0.25, 0.3) is 0 Å². The number of nitrogens with zero attached hydrogens (tertiary/aromatic N) is 2. The van der Waals surface area contributed by atoms with Gasteiger partial charge >= 0.3 is 0 Å². The molecule has 94 valence electrons. The van der Waals surface area contributed by atoms with E-state index in [1.165, 1.54) is 0 Å². The highest BCUT2D eigenvalue weighted by atomic mass is 16.3. The molecule has 0 amide bonds. The van der Waals surface area contributed by atoms with Gasteiger partial charge in [0.2, 0.25) is 0 Å². The molecule has 0 fully saturated rings. The fourth-order valence-electron chi connectivity index (χ4n) is 1.86. The largest absolute Gasteiger partial charge is 0.508 e. The van der Waals surface area contributed by atoms with Crippen molar-refractivity contribution >= 4 is 12.2 Å². The van der Waals surface area contributed by atoms with Gasteiger partial charge in [-0.2, -0.15) is 0 Å². The highest BCUT2D eigenvalue weighted by molar-refractivity contribution is 5.68. The maximum Gasteiger partial charge on any atom is 0.132 e. The third kappa shape index (κ3) is 2.62. The van der Waals surface area contributed by atoms with Crippen LogP contribution in [0.15, 0.2) is 30.6 Å². The van der Waals surface area contributed by atoms with Crippen molar-refractivity contribution in [3.05, 3.63) is 47.5 Å². The van der Waals surface area contributed by atoms with Crippen molar-refractivity contribution < 1.29 is 5.11 Å². The van der Waals surface area contributed by atoms with Crippen molar-refractivity contribution in [2.75, 3.05) is 0 Å². The highest BCUT2D eigenvalue weighted by Crippen LogP contribution is 2.26. The Balaban J connectivity index is 2.23. The van der Waals surface area contributed by atoms with Crippen molar-refractivity contribution in [1.29, 1.82) is 0 Å². The molecule has 18 heavy (non-hydrogen) atoms. The molecule has 0 atom stereocenters. The van der Waals surface area contributed by atoms with Gasteiger partial charge in [-0.05, 0) is 29.2 Å². The lowest BCUT2D eigenvalue weighted by atomic mass is 10.0. The Labute approximate surface area is 107 Å². The monoisotopic (exact) mass is 242 g/mol. The van der Waals surface area contributed by atoms with Gasteiger partial charge in [-0.25, -0.2) is 4.98 Å². The van der Waals surface area contributed by atoms with Gasteiger partial charge in [0.05, 0.1) is 0 Å². The molecule has 0 radical (unpaired) electrons. The minimum absolute atomic E-state index is 0.331. The zero-order chi connectivity index (χ0) is 13.1. The SMILES string of the molecule is CC(C)c1ccc(/C=C/c2nccn2C)cc1O. The maximum absolute atomic E-state index is 9.92. The van der Waals surface area contributed by atoms with Crippen LogP contribution in [0.4, 0.5) is 0 Å². The fraction of sp³-hybridized carbons (Fsp3) is 0.267. The van der Waals surface area contributed by atoms with Crippen LogP contribution in [-0.4, -0.2) is 14.7 Å². The van der Waals surface area contributed by atoms with Gasteiger partial charge in [0.15, 0.2) is 0 Å². The summed E-state index contributed by atoms with van der Waals surface area (Å²) in [4.78, 5) is 4.21. The molecule has 0 spiro atoms. The van der Waals surface area contributed by atoms with Gasteiger partial charge < -0.3 is 9.67 Å². The van der Waals surface area contributed by atoms with Gasteiger partial charge in [-0.15, -0.1) is 0 Å². The molecular weight excluding hydrogens is 224 g/mol. The fourth-order valence-corrected chi connectivity index (χ4v) is 1.86. The molecule has 1 aromatic heterocycles. The van der Waals surface area contributed by atoms with E-state index in [9.17, 15) is 5.11 Å². The average molecular weight is 242 g/mol. The molecule has 2 rings (SSSR count). The van der Waals surface area contributed by atoms with Crippen molar-refractivity contribution in [2.24, 2.45) is 7.05 Å². The average Bonchev–Trinajstić information content (AvgIpc) is 2.72. The second-order valence-corrected chi connectivity index (χ2v) is 4.70. The van der Waals surface area contributed by atoms with Crippen molar-refractivity contribution in [3.63, 3.8) is 0 Å². The maximum atomic E-state index is 9.92. The Hall–Kier alpha value is -2.03. The van der Waals surface area contributed by atoms with Crippen LogP contribution in [0, 0.1) is 0 Å². The lowest BCUT2D eigenvalue weighted by molar-refractivity contribution is 0.465. The van der Waals surface area contributed by atoms with E-state index in [4.69, 9.17) is 0 Å². The van der Waals surface area contributed by atoms with Crippen LogP contribution in [0.2, 0.25) is 0 Å². The molecule has 1 aromatic carbocycles. The number of phenols is 1. The van der Waals surface area contributed by atoms with E-state index in [1.807, 2.05) is 42.1 Å². The molecule has 1 N–H and O–H groups in total. The first-order chi connectivity index (χ1) is 8.58. The molecule has 0 saturated heterocycles. The third-order valence-corrected chi connectivity index (χ3v) is 2.96. The van der Waals surface area contributed by atoms with Crippen LogP contribution < -0.4 is 0 Å². The van der Waals surface area contributed by atoms with Gasteiger partial charge in [0.1, 0.15) is 11.6 Å². The summed E-state index contributed by atoms with van der Waals surface area (Å²) in [6, 6.07) is 5.77. The molecule has 2 aromatic rings. The Bertz CT molecular complexity index is 568. The van der Waals surface area contributed by atoms with Crippen molar-refractivity contribution in [2.45, 2.75) is 19.8 Å². The first kappa shape index (κ1) is 12.4. The molecular formula is C15H18N2O. The normalized spacial score (nSPS) is 11.6. The first-order valence-electron chi connectivity index (χ1n) is 6.06. The summed E-state index contributed by atoms with van der Waals surface area (Å²) in [7, 11) is 1.95. The Morgan fingerprint density at radius 3 is 2.61 bits per heavy atom. The van der Waals surface area contributed by atoms with E-state index >= 15 is 0 Å². The summed E-state index contributed by atoms with van der Waals surface area (Å²) in [6.07, 6.45) is 7.55. The highest BCUT2D eigenvalue weighted by Gasteiger charge is 2.05. The van der Waals surface area contributed by atoms with Gasteiger partial charge in [-0.1, -0.05) is 32.1 Å². The van der Waals surface area contributed by atoms with Crippen LogP contribution >= 0.6 is 0 Å². The van der Waals surface area contributed by atoms with Gasteiger partial charge in [-0.3, -0.25) is 0 Å². The third-order valence-electron chi connectivity index (χ3n) is 2.96. The zero-order valence-electron chi connectivity index (χ0n) is 11.0. The number of aromatic nitrogens is 2. The molecule has 3 heteroatoms. The van der Waals surface area contributed by atoms with Crippen LogP contribution in [0.1, 0.15) is 36.7 Å². The standard InChI is InChI=1S/C15H18N2O/c1-11(2)13-6-4-12(10-14(13)18)5-7-15-16-8-9-17(15)3/h4-11,18H,1-3H3/b7-5+. The molecule has 0 aliphatic rings. The van der Waals surface area contributed by atoms with Crippen LogP contribution in [-0.2, 0) is 7.05 Å². The number of benzene rings is 1. The number of phenolic OH excluding ortho intramolecular Hbond substituents is 1. The molecule has 0 aliphatic carbocycles. The summed E-state index contributed by atoms with van der Waals surface area (Å²) < 4.78 is 1.94. The summed E-state index contributed by atoms with van der Waals surface area (Å²) in [5.41, 5.74) is 1.95. The molecule has 0 bridgehead atoms. The van der Waals surface area contributed by atoms with Crippen molar-refractivity contribution in [3.8, 4) is 5.75 Å². The molecule has 1 heterocycles. The first-order valence-corrected chi connectivity index (χ1v) is 6.06. The van der Waals surface area contributed by atoms with E-state index in [1.54, 1.807) is 12.3 Å². The smallest absolute Gasteiger partial charge is 0.132 e. The Kier molecular flexibility index (Phi) is 3.51. The Morgan fingerprint density at radius 1 is 1.28 bits per heavy atom. The molecule has 3 nitrogen and oxygen atoms in total. The predicted molar refractivity (Wildman–Crippen MR) is 74.3 cm³/mol. The second-order valence-electron chi connectivity index (χ2n) is 4.70. The van der Waals surface area contributed by atoms with Gasteiger partial charge in [0, 0.05) is 19.4 Å². The number of hydrogen-bond acceptors (Lipinski definition) is 2. The second kappa shape index (κ2) is 5.08. The predicted octanol–water partition coefficient (Wildman–Crippen LogP) is 3.42. The summed E-state index contributed by atoms with van der Waals surface area (Å²) in [5.74, 6) is 1.58. The minimum Gasteiger partial charge on any atom is -0.508 e. The number of aryl methyl sites for hydroxylation is 1. The quantitative estimate of drug-likeness (QED) is 0.895. The number of aromatic hydroxyl groups is 1. The van der Waals surface area contributed by atoms with E-state index < -0.39 is 0 Å². The molecule has 0 aliphatic heterocycles. The number of rotatable bonds is 3. The lowest BCUT2D eigenvalue weighted by Crippen LogP contribution is -1.90. The lowest BCUT2D eigenvalue weighted by Gasteiger charge is -2.08. The van der Waals surface area contributed by atoms with Crippen LogP contribution in [0.5, 0.6) is 5.75 Å². The molecule has 0 unspecified atom stereocenters. The number of imidazole rings is 1. The summed E-state index contributed by atoms with van der Waals surface area (Å²) in [6.45, 7) is 4.14. The number of hydrogen-bond donors (Lipinski definition) is 1. The topological polar surface area (TPSA) is 38.0 Å². The Morgan fingerprint density at radius 2 is 2.06 bits per heavy atom. The zero-order valence-corrected chi connectivity index (χ0v) is 11.0. The van der Waals surface area contributed by atoms with Crippen molar-refractivity contribution in [1.82, 2.24) is 9.55 Å². The molecule has 0 saturated carbocycles. The van der Waals surface area contributed by atoms with E-state index in [2.05, 4.69) is 18.8 Å². The summed E-state index contributed by atoms with van der Waals surface area (Å²) in [5, 5.41) is 9.92. The summed E-state index contributed by atoms with van der Waals surface area (Å²) >= 11 is 0. The van der Waals surface area contributed by atoms with E-state index in [0.29, 0.717) is 11.7 Å².